The van der Waals surface area contributed by atoms with Crippen LogP contribution in [0.5, 0.6) is 0 Å². The van der Waals surface area contributed by atoms with Crippen molar-refractivity contribution in [1.29, 1.82) is 0 Å². The van der Waals surface area contributed by atoms with E-state index in [4.69, 9.17) is 12.2 Å². The number of nitrogens with zero attached hydrogens (tertiary/aromatic N) is 2. The van der Waals surface area contributed by atoms with Gasteiger partial charge in [0.05, 0.1) is 16.3 Å². The maximum atomic E-state index is 13.1. The average Bonchev–Trinajstić information content (AvgIpc) is 3.29. The zero-order valence-electron chi connectivity index (χ0n) is 18.5. The second kappa shape index (κ2) is 10.4. The number of rotatable bonds is 8. The van der Waals surface area contributed by atoms with Crippen molar-refractivity contribution in [3.8, 4) is 0 Å². The third kappa shape index (κ3) is 5.56. The van der Waals surface area contributed by atoms with Gasteiger partial charge in [-0.3, -0.25) is 0 Å². The van der Waals surface area contributed by atoms with Gasteiger partial charge in [-0.2, -0.15) is 4.31 Å². The van der Waals surface area contributed by atoms with Crippen molar-refractivity contribution in [2.45, 2.75) is 44.9 Å². The first kappa shape index (κ1) is 23.5. The van der Waals surface area contributed by atoms with Crippen LogP contribution in [0.2, 0.25) is 0 Å². The van der Waals surface area contributed by atoms with Crippen LogP contribution in [0.4, 0.5) is 17.1 Å². The fourth-order valence-corrected chi connectivity index (χ4v) is 5.54. The van der Waals surface area contributed by atoms with E-state index in [0.717, 1.165) is 43.7 Å². The average molecular weight is 461 g/mol. The van der Waals surface area contributed by atoms with E-state index in [2.05, 4.69) is 34.6 Å². The van der Waals surface area contributed by atoms with Crippen LogP contribution in [0, 0.1) is 0 Å². The summed E-state index contributed by atoms with van der Waals surface area (Å²) >= 11 is 5.55. The summed E-state index contributed by atoms with van der Waals surface area (Å²) in [6.45, 7) is 8.59. The molecule has 0 amide bonds. The van der Waals surface area contributed by atoms with E-state index < -0.39 is 10.0 Å². The molecule has 0 unspecified atom stereocenters. The summed E-state index contributed by atoms with van der Waals surface area (Å²) in [4.78, 5) is 2.55. The van der Waals surface area contributed by atoms with Crippen LogP contribution in [0.1, 0.15) is 39.2 Å². The van der Waals surface area contributed by atoms with Crippen LogP contribution in [0.3, 0.4) is 0 Å². The van der Waals surface area contributed by atoms with Gasteiger partial charge < -0.3 is 15.5 Å². The van der Waals surface area contributed by atoms with Crippen molar-refractivity contribution in [1.82, 2.24) is 4.31 Å². The van der Waals surface area contributed by atoms with E-state index in [1.807, 2.05) is 32.0 Å². The topological polar surface area (TPSA) is 64.7 Å². The zero-order valence-corrected chi connectivity index (χ0v) is 20.2. The molecule has 31 heavy (non-hydrogen) atoms. The van der Waals surface area contributed by atoms with Crippen LogP contribution in [-0.4, -0.2) is 44.0 Å². The highest BCUT2D eigenvalue weighted by Crippen LogP contribution is 2.32. The minimum atomic E-state index is -3.56. The van der Waals surface area contributed by atoms with E-state index in [-0.39, 0.29) is 4.90 Å². The SMILES string of the molecule is CCc1ccc(NC(=S)Nc2cc(S(=O)(=O)N(CC)CC)ccc2N2CCCC2)cc1. The molecule has 1 heterocycles. The molecule has 6 nitrogen and oxygen atoms in total. The molecule has 168 valence electrons. The lowest BCUT2D eigenvalue weighted by Crippen LogP contribution is -2.31. The van der Waals surface area contributed by atoms with Crippen molar-refractivity contribution in [3.05, 3.63) is 48.0 Å². The van der Waals surface area contributed by atoms with Crippen molar-refractivity contribution in [2.24, 2.45) is 0 Å². The highest BCUT2D eigenvalue weighted by atomic mass is 32.2. The van der Waals surface area contributed by atoms with Gasteiger partial charge in [0, 0.05) is 31.9 Å². The first-order valence-electron chi connectivity index (χ1n) is 10.9. The van der Waals surface area contributed by atoms with Crippen LogP contribution >= 0.6 is 12.2 Å². The normalized spacial score (nSPS) is 14.1. The predicted octanol–water partition coefficient (Wildman–Crippen LogP) is 4.69. The van der Waals surface area contributed by atoms with Gasteiger partial charge in [-0.1, -0.05) is 32.9 Å². The van der Waals surface area contributed by atoms with Crippen LogP contribution < -0.4 is 15.5 Å². The summed E-state index contributed by atoms with van der Waals surface area (Å²) in [6, 6.07) is 13.4. The minimum absolute atomic E-state index is 0.275. The molecule has 3 rings (SSSR count). The Hall–Kier alpha value is -2.16. The highest BCUT2D eigenvalue weighted by Gasteiger charge is 2.24. The van der Waals surface area contributed by atoms with Crippen molar-refractivity contribution < 1.29 is 8.42 Å². The van der Waals surface area contributed by atoms with Crippen molar-refractivity contribution in [3.63, 3.8) is 0 Å². The largest absolute Gasteiger partial charge is 0.370 e. The Morgan fingerprint density at radius 3 is 2.23 bits per heavy atom. The van der Waals surface area contributed by atoms with Crippen molar-refractivity contribution >= 4 is 44.4 Å². The maximum Gasteiger partial charge on any atom is 0.243 e. The fraction of sp³-hybridized carbons (Fsp3) is 0.435. The number of aryl methyl sites for hydroxylation is 1. The van der Waals surface area contributed by atoms with Crippen LogP contribution in [0.25, 0.3) is 0 Å². The number of hydrogen-bond acceptors (Lipinski definition) is 4. The van der Waals surface area contributed by atoms with Gasteiger partial charge in [0.15, 0.2) is 5.11 Å². The summed E-state index contributed by atoms with van der Waals surface area (Å²) in [5.41, 5.74) is 3.83. The third-order valence-corrected chi connectivity index (χ3v) is 7.88. The van der Waals surface area contributed by atoms with Crippen LogP contribution in [-0.2, 0) is 16.4 Å². The lowest BCUT2D eigenvalue weighted by atomic mass is 10.1. The Labute approximate surface area is 191 Å². The predicted molar refractivity (Wildman–Crippen MR) is 134 cm³/mol. The number of hydrogen-bond donors (Lipinski definition) is 2. The van der Waals surface area contributed by atoms with E-state index in [1.165, 1.54) is 9.87 Å². The molecule has 1 aliphatic rings. The molecule has 8 heteroatoms. The van der Waals surface area contributed by atoms with Gasteiger partial charge in [-0.15, -0.1) is 0 Å². The fourth-order valence-electron chi connectivity index (χ4n) is 3.83. The van der Waals surface area contributed by atoms with Crippen molar-refractivity contribution in [2.75, 3.05) is 41.7 Å². The second-order valence-electron chi connectivity index (χ2n) is 7.59. The first-order valence-corrected chi connectivity index (χ1v) is 12.8. The quantitative estimate of drug-likeness (QED) is 0.557. The molecule has 0 bridgehead atoms. The number of benzene rings is 2. The van der Waals surface area contributed by atoms with E-state index in [1.54, 1.807) is 12.1 Å². The number of sulfonamides is 1. The molecule has 1 aliphatic heterocycles. The molecule has 2 aromatic carbocycles. The summed E-state index contributed by atoms with van der Waals surface area (Å²) < 4.78 is 27.6. The molecular weight excluding hydrogens is 428 g/mol. The molecule has 0 aliphatic carbocycles. The van der Waals surface area contributed by atoms with Gasteiger partial charge in [0.2, 0.25) is 10.0 Å². The smallest absolute Gasteiger partial charge is 0.243 e. The van der Waals surface area contributed by atoms with E-state index >= 15 is 0 Å². The minimum Gasteiger partial charge on any atom is -0.370 e. The van der Waals surface area contributed by atoms with E-state index in [0.29, 0.717) is 23.9 Å². The highest BCUT2D eigenvalue weighted by molar-refractivity contribution is 7.89. The standard InChI is InChI=1S/C23H32N4O2S2/c1-4-18-9-11-19(12-10-18)24-23(30)25-21-17-20(31(28,29)27(5-2)6-3)13-14-22(21)26-15-7-8-16-26/h9-14,17H,4-8,15-16H2,1-3H3,(H2,24,25,30). The summed E-state index contributed by atoms with van der Waals surface area (Å²) in [7, 11) is -3.56. The Kier molecular flexibility index (Phi) is 7.91. The molecule has 1 fully saturated rings. The van der Waals surface area contributed by atoms with Gasteiger partial charge in [-0.25, -0.2) is 8.42 Å². The Bertz CT molecular complexity index is 997. The summed E-state index contributed by atoms with van der Waals surface area (Å²) in [6.07, 6.45) is 3.24. The molecule has 0 saturated carbocycles. The third-order valence-electron chi connectivity index (χ3n) is 5.63. The Morgan fingerprint density at radius 2 is 1.65 bits per heavy atom. The number of thiocarbonyl (C=S) groups is 1. The molecule has 1 saturated heterocycles. The molecule has 0 spiro atoms. The van der Waals surface area contributed by atoms with Gasteiger partial charge >= 0.3 is 0 Å². The molecule has 0 atom stereocenters. The summed E-state index contributed by atoms with van der Waals surface area (Å²) in [5, 5.41) is 6.88. The number of nitrogens with one attached hydrogen (secondary N) is 2. The molecule has 2 N–H and O–H groups in total. The van der Waals surface area contributed by atoms with Gasteiger partial charge in [0.1, 0.15) is 0 Å². The maximum absolute atomic E-state index is 13.1. The molecule has 0 radical (unpaired) electrons. The number of anilines is 3. The first-order chi connectivity index (χ1) is 14.9. The van der Waals surface area contributed by atoms with Gasteiger partial charge in [0.25, 0.3) is 0 Å². The monoisotopic (exact) mass is 460 g/mol. The molecule has 0 aromatic heterocycles. The summed E-state index contributed by atoms with van der Waals surface area (Å²) in [5.74, 6) is 0. The lowest BCUT2D eigenvalue weighted by Gasteiger charge is -2.24. The van der Waals surface area contributed by atoms with E-state index in [9.17, 15) is 8.42 Å². The lowest BCUT2D eigenvalue weighted by molar-refractivity contribution is 0.445. The van der Waals surface area contributed by atoms with Crippen LogP contribution in [0.15, 0.2) is 47.4 Å². The molecule has 2 aromatic rings. The Balaban J connectivity index is 1.88. The Morgan fingerprint density at radius 1 is 1.00 bits per heavy atom. The van der Waals surface area contributed by atoms with Gasteiger partial charge in [-0.05, 0) is 67.4 Å². The zero-order chi connectivity index (χ0) is 22.4. The molecular formula is C23H32N4O2S2. The second-order valence-corrected chi connectivity index (χ2v) is 9.94.